The third-order valence-corrected chi connectivity index (χ3v) is 4.43. The summed E-state index contributed by atoms with van der Waals surface area (Å²) in [6.07, 6.45) is 1.89. The van der Waals surface area contributed by atoms with Gasteiger partial charge in [-0.15, -0.1) is 0 Å². The van der Waals surface area contributed by atoms with E-state index in [0.717, 1.165) is 38.5 Å². The minimum absolute atomic E-state index is 0.823. The number of hydrogen-bond donors (Lipinski definition) is 0. The number of morpholine rings is 1. The van der Waals surface area contributed by atoms with Crippen LogP contribution in [0.4, 0.5) is 0 Å². The number of aromatic nitrogens is 1. The summed E-state index contributed by atoms with van der Waals surface area (Å²) in [5, 5.41) is 2.52. The van der Waals surface area contributed by atoms with Crippen LogP contribution in [0.25, 0.3) is 22.0 Å². The molecule has 0 amide bonds. The monoisotopic (exact) mass is 304 g/mol. The van der Waals surface area contributed by atoms with Gasteiger partial charge >= 0.3 is 0 Å². The molecule has 0 radical (unpaired) electrons. The summed E-state index contributed by atoms with van der Waals surface area (Å²) in [4.78, 5) is 7.15. The van der Waals surface area contributed by atoms with Gasteiger partial charge in [-0.3, -0.25) is 9.88 Å². The Kier molecular flexibility index (Phi) is 4.05. The molecular formula is C20H20N2O. The Labute approximate surface area is 136 Å². The molecule has 23 heavy (non-hydrogen) atoms. The van der Waals surface area contributed by atoms with E-state index in [0.29, 0.717) is 0 Å². The lowest BCUT2D eigenvalue weighted by Gasteiger charge is -2.27. The van der Waals surface area contributed by atoms with Crippen LogP contribution in [0.3, 0.4) is 0 Å². The van der Waals surface area contributed by atoms with Crippen molar-refractivity contribution in [3.8, 4) is 11.3 Å². The number of benzene rings is 2. The molecule has 1 aromatic heterocycles. The van der Waals surface area contributed by atoms with Gasteiger partial charge < -0.3 is 4.74 Å². The standard InChI is InChI=1S/C20H20N2O/c1-2-8-18-16(5-1)6-3-9-19(18)20-17(7-4-10-21-20)15-22-11-13-23-14-12-22/h1-10H,11-15H2. The molecule has 3 aromatic rings. The van der Waals surface area contributed by atoms with Gasteiger partial charge in [-0.2, -0.15) is 0 Å². The van der Waals surface area contributed by atoms with Gasteiger partial charge in [-0.05, 0) is 22.4 Å². The Morgan fingerprint density at radius 1 is 0.913 bits per heavy atom. The maximum Gasteiger partial charge on any atom is 0.0753 e. The summed E-state index contributed by atoms with van der Waals surface area (Å²) < 4.78 is 5.45. The van der Waals surface area contributed by atoms with E-state index in [1.165, 1.54) is 21.9 Å². The van der Waals surface area contributed by atoms with Crippen LogP contribution in [-0.4, -0.2) is 36.2 Å². The van der Waals surface area contributed by atoms with E-state index in [2.05, 4.69) is 53.4 Å². The van der Waals surface area contributed by atoms with Crippen LogP contribution in [0.5, 0.6) is 0 Å². The van der Waals surface area contributed by atoms with Gasteiger partial charge in [0.25, 0.3) is 0 Å². The molecule has 1 saturated heterocycles. The lowest BCUT2D eigenvalue weighted by Crippen LogP contribution is -2.35. The van der Waals surface area contributed by atoms with E-state index in [4.69, 9.17) is 9.72 Å². The Balaban J connectivity index is 1.76. The Bertz CT molecular complexity index is 804. The van der Waals surface area contributed by atoms with Crippen LogP contribution in [0.1, 0.15) is 5.56 Å². The lowest BCUT2D eigenvalue weighted by molar-refractivity contribution is 0.0342. The van der Waals surface area contributed by atoms with Gasteiger partial charge in [0.1, 0.15) is 0 Å². The average Bonchev–Trinajstić information content (AvgIpc) is 2.63. The summed E-state index contributed by atoms with van der Waals surface area (Å²) in [6.45, 7) is 4.55. The van der Waals surface area contributed by atoms with Crippen LogP contribution < -0.4 is 0 Å². The summed E-state index contributed by atoms with van der Waals surface area (Å²) in [5.74, 6) is 0. The third kappa shape index (κ3) is 2.98. The highest BCUT2D eigenvalue weighted by Crippen LogP contribution is 2.30. The second-order valence-corrected chi connectivity index (χ2v) is 5.93. The van der Waals surface area contributed by atoms with Gasteiger partial charge in [-0.1, -0.05) is 48.5 Å². The van der Waals surface area contributed by atoms with E-state index in [1.807, 2.05) is 12.3 Å². The van der Waals surface area contributed by atoms with Crippen LogP contribution >= 0.6 is 0 Å². The number of pyridine rings is 1. The van der Waals surface area contributed by atoms with Crippen LogP contribution in [0, 0.1) is 0 Å². The maximum atomic E-state index is 5.45. The van der Waals surface area contributed by atoms with Gasteiger partial charge in [0.15, 0.2) is 0 Å². The Morgan fingerprint density at radius 3 is 2.65 bits per heavy atom. The Morgan fingerprint density at radius 2 is 1.74 bits per heavy atom. The molecule has 3 heteroatoms. The van der Waals surface area contributed by atoms with Crippen LogP contribution in [0.15, 0.2) is 60.8 Å². The Hall–Kier alpha value is -2.23. The first-order chi connectivity index (χ1) is 11.4. The fourth-order valence-electron chi connectivity index (χ4n) is 3.24. The maximum absolute atomic E-state index is 5.45. The van der Waals surface area contributed by atoms with E-state index < -0.39 is 0 Å². The SMILES string of the molecule is c1cnc(-c2cccc3ccccc23)c(CN2CCOCC2)c1. The number of ether oxygens (including phenoxy) is 1. The van der Waals surface area contributed by atoms with Crippen molar-refractivity contribution in [3.63, 3.8) is 0 Å². The molecule has 1 aliphatic heterocycles. The summed E-state index contributed by atoms with van der Waals surface area (Å²) in [5.41, 5.74) is 3.59. The zero-order chi connectivity index (χ0) is 15.5. The molecule has 0 atom stereocenters. The lowest BCUT2D eigenvalue weighted by atomic mass is 9.98. The zero-order valence-electron chi connectivity index (χ0n) is 13.1. The quantitative estimate of drug-likeness (QED) is 0.737. The van der Waals surface area contributed by atoms with Gasteiger partial charge in [0.2, 0.25) is 0 Å². The van der Waals surface area contributed by atoms with Crippen molar-refractivity contribution in [1.82, 2.24) is 9.88 Å². The highest BCUT2D eigenvalue weighted by atomic mass is 16.5. The fraction of sp³-hybridized carbons (Fsp3) is 0.250. The zero-order valence-corrected chi connectivity index (χ0v) is 13.1. The molecule has 1 fully saturated rings. The smallest absolute Gasteiger partial charge is 0.0753 e. The molecular weight excluding hydrogens is 284 g/mol. The van der Waals surface area contributed by atoms with Crippen molar-refractivity contribution >= 4 is 10.8 Å². The second kappa shape index (κ2) is 6.49. The first kappa shape index (κ1) is 14.4. The second-order valence-electron chi connectivity index (χ2n) is 5.93. The van der Waals surface area contributed by atoms with E-state index in [-0.39, 0.29) is 0 Å². The van der Waals surface area contributed by atoms with E-state index in [1.54, 1.807) is 0 Å². The van der Waals surface area contributed by atoms with Gasteiger partial charge in [0.05, 0.1) is 18.9 Å². The first-order valence-electron chi connectivity index (χ1n) is 8.14. The molecule has 4 rings (SSSR count). The van der Waals surface area contributed by atoms with Crippen LogP contribution in [0.2, 0.25) is 0 Å². The summed E-state index contributed by atoms with van der Waals surface area (Å²) >= 11 is 0. The van der Waals surface area contributed by atoms with Crippen molar-refractivity contribution in [2.75, 3.05) is 26.3 Å². The van der Waals surface area contributed by atoms with Crippen molar-refractivity contribution in [3.05, 3.63) is 66.4 Å². The minimum Gasteiger partial charge on any atom is -0.379 e. The summed E-state index contributed by atoms with van der Waals surface area (Å²) in [6, 6.07) is 19.2. The van der Waals surface area contributed by atoms with Crippen LogP contribution in [-0.2, 0) is 11.3 Å². The molecule has 0 N–H and O–H groups in total. The molecule has 2 heterocycles. The van der Waals surface area contributed by atoms with E-state index in [9.17, 15) is 0 Å². The fourth-order valence-corrected chi connectivity index (χ4v) is 3.24. The van der Waals surface area contributed by atoms with Crippen molar-refractivity contribution in [2.45, 2.75) is 6.54 Å². The molecule has 0 saturated carbocycles. The van der Waals surface area contributed by atoms with Crippen molar-refractivity contribution < 1.29 is 4.74 Å². The molecule has 1 aliphatic rings. The molecule has 3 nitrogen and oxygen atoms in total. The predicted molar refractivity (Wildman–Crippen MR) is 93.3 cm³/mol. The molecule has 0 spiro atoms. The number of fused-ring (bicyclic) bond motifs is 1. The number of nitrogens with zero attached hydrogens (tertiary/aromatic N) is 2. The number of rotatable bonds is 3. The molecule has 2 aromatic carbocycles. The molecule has 0 bridgehead atoms. The topological polar surface area (TPSA) is 25.4 Å². The van der Waals surface area contributed by atoms with Crippen molar-refractivity contribution in [1.29, 1.82) is 0 Å². The molecule has 0 unspecified atom stereocenters. The largest absolute Gasteiger partial charge is 0.379 e. The average molecular weight is 304 g/mol. The minimum atomic E-state index is 0.823. The highest BCUT2D eigenvalue weighted by molar-refractivity contribution is 5.96. The third-order valence-electron chi connectivity index (χ3n) is 4.43. The molecule has 0 aliphatic carbocycles. The van der Waals surface area contributed by atoms with E-state index >= 15 is 0 Å². The molecule has 116 valence electrons. The normalized spacial score (nSPS) is 15.8. The van der Waals surface area contributed by atoms with Gasteiger partial charge in [-0.25, -0.2) is 0 Å². The number of hydrogen-bond acceptors (Lipinski definition) is 3. The summed E-state index contributed by atoms with van der Waals surface area (Å²) in [7, 11) is 0. The predicted octanol–water partition coefficient (Wildman–Crippen LogP) is 3.73. The highest BCUT2D eigenvalue weighted by Gasteiger charge is 2.15. The first-order valence-corrected chi connectivity index (χ1v) is 8.14. The van der Waals surface area contributed by atoms with Crippen molar-refractivity contribution in [2.24, 2.45) is 0 Å². The van der Waals surface area contributed by atoms with Gasteiger partial charge in [0, 0.05) is 31.4 Å².